The largest absolute Gasteiger partial charge is 0.497 e. The van der Waals surface area contributed by atoms with Crippen molar-refractivity contribution in [2.75, 3.05) is 11.4 Å². The second-order valence-corrected chi connectivity index (χ2v) is 8.60. The van der Waals surface area contributed by atoms with Crippen molar-refractivity contribution in [3.05, 3.63) is 83.8 Å². The van der Waals surface area contributed by atoms with E-state index in [1.165, 1.54) is 22.9 Å². The van der Waals surface area contributed by atoms with Crippen molar-refractivity contribution in [2.45, 2.75) is 11.4 Å². The maximum absolute atomic E-state index is 13.5. The van der Waals surface area contributed by atoms with Crippen LogP contribution in [0.5, 0.6) is 5.75 Å². The molecule has 0 bridgehead atoms. The number of hydrogen-bond acceptors (Lipinski definition) is 5. The van der Waals surface area contributed by atoms with Crippen molar-refractivity contribution in [1.82, 2.24) is 14.6 Å². The SMILES string of the molecule is COc1ccc(N(Cc2ccc(Cl)cc2)S(=O)(=O)c2ccc3nncn3c2)cc1. The summed E-state index contributed by atoms with van der Waals surface area (Å²) in [6.07, 6.45) is 2.97. The van der Waals surface area contributed by atoms with E-state index >= 15 is 0 Å². The molecule has 0 radical (unpaired) electrons. The van der Waals surface area contributed by atoms with E-state index in [0.29, 0.717) is 22.1 Å². The van der Waals surface area contributed by atoms with Gasteiger partial charge in [-0.25, -0.2) is 8.42 Å². The van der Waals surface area contributed by atoms with Crippen molar-refractivity contribution in [2.24, 2.45) is 0 Å². The van der Waals surface area contributed by atoms with Crippen LogP contribution in [-0.2, 0) is 16.6 Å². The van der Waals surface area contributed by atoms with Crippen LogP contribution in [0.4, 0.5) is 5.69 Å². The Hall–Kier alpha value is -3.10. The van der Waals surface area contributed by atoms with Gasteiger partial charge in [0.15, 0.2) is 5.65 Å². The molecule has 2 aromatic carbocycles. The average Bonchev–Trinajstić information content (AvgIpc) is 3.21. The fourth-order valence-corrected chi connectivity index (χ4v) is 4.49. The number of halogens is 1. The van der Waals surface area contributed by atoms with Crippen LogP contribution in [-0.4, -0.2) is 30.1 Å². The summed E-state index contributed by atoms with van der Waals surface area (Å²) in [6.45, 7) is 0.145. The number of methoxy groups -OCH3 is 1. The van der Waals surface area contributed by atoms with E-state index in [-0.39, 0.29) is 11.4 Å². The molecule has 0 aliphatic heterocycles. The first-order chi connectivity index (χ1) is 14.0. The lowest BCUT2D eigenvalue weighted by molar-refractivity contribution is 0.415. The molecule has 0 atom stereocenters. The lowest BCUT2D eigenvalue weighted by Gasteiger charge is -2.25. The number of pyridine rings is 1. The van der Waals surface area contributed by atoms with Gasteiger partial charge in [0.1, 0.15) is 17.0 Å². The van der Waals surface area contributed by atoms with Crippen LogP contribution in [0.1, 0.15) is 5.56 Å². The quantitative estimate of drug-likeness (QED) is 0.467. The Bertz CT molecular complexity index is 1240. The average molecular weight is 429 g/mol. The standard InChI is InChI=1S/C20H17ClN4O3S/c1-28-18-8-6-17(7-9-18)25(12-15-2-4-16(21)5-3-15)29(26,27)19-10-11-20-23-22-14-24(20)13-19/h2-11,13-14H,12H2,1H3. The molecule has 29 heavy (non-hydrogen) atoms. The topological polar surface area (TPSA) is 76.8 Å². The number of rotatable bonds is 6. The van der Waals surface area contributed by atoms with Gasteiger partial charge in [-0.1, -0.05) is 23.7 Å². The molecule has 0 saturated carbocycles. The van der Waals surface area contributed by atoms with Crippen LogP contribution in [0.3, 0.4) is 0 Å². The number of aromatic nitrogens is 3. The molecule has 9 heteroatoms. The maximum atomic E-state index is 13.5. The van der Waals surface area contributed by atoms with Gasteiger partial charge in [-0.3, -0.25) is 8.71 Å². The van der Waals surface area contributed by atoms with Gasteiger partial charge in [-0.2, -0.15) is 0 Å². The molecule has 4 aromatic rings. The highest BCUT2D eigenvalue weighted by Crippen LogP contribution is 2.28. The molecule has 0 saturated heterocycles. The highest BCUT2D eigenvalue weighted by Gasteiger charge is 2.26. The zero-order valence-corrected chi connectivity index (χ0v) is 17.0. The maximum Gasteiger partial charge on any atom is 0.266 e. The summed E-state index contributed by atoms with van der Waals surface area (Å²) in [5, 5.41) is 8.31. The Labute approximate surface area is 173 Å². The molecular formula is C20H17ClN4O3S. The minimum atomic E-state index is -3.87. The van der Waals surface area contributed by atoms with E-state index in [1.54, 1.807) is 66.1 Å². The van der Waals surface area contributed by atoms with Crippen molar-refractivity contribution in [3.8, 4) is 5.75 Å². The summed E-state index contributed by atoms with van der Waals surface area (Å²) in [5.74, 6) is 0.642. The molecule has 0 spiro atoms. The molecule has 2 heterocycles. The highest BCUT2D eigenvalue weighted by molar-refractivity contribution is 7.92. The Balaban J connectivity index is 1.79. The van der Waals surface area contributed by atoms with Crippen molar-refractivity contribution in [1.29, 1.82) is 0 Å². The van der Waals surface area contributed by atoms with Crippen LogP contribution in [0, 0.1) is 0 Å². The van der Waals surface area contributed by atoms with Gasteiger partial charge in [0.25, 0.3) is 10.0 Å². The number of benzene rings is 2. The number of hydrogen-bond donors (Lipinski definition) is 0. The molecule has 0 amide bonds. The summed E-state index contributed by atoms with van der Waals surface area (Å²) < 4.78 is 35.2. The molecule has 7 nitrogen and oxygen atoms in total. The smallest absolute Gasteiger partial charge is 0.266 e. The van der Waals surface area contributed by atoms with Crippen LogP contribution in [0.15, 0.2) is 78.1 Å². The van der Waals surface area contributed by atoms with Gasteiger partial charge in [-0.15, -0.1) is 10.2 Å². The molecule has 4 rings (SSSR count). The van der Waals surface area contributed by atoms with Gasteiger partial charge >= 0.3 is 0 Å². The molecule has 0 unspecified atom stereocenters. The second-order valence-electron chi connectivity index (χ2n) is 6.30. The van der Waals surface area contributed by atoms with E-state index in [2.05, 4.69) is 10.2 Å². The number of fused-ring (bicyclic) bond motifs is 1. The van der Waals surface area contributed by atoms with E-state index in [4.69, 9.17) is 16.3 Å². The molecule has 0 aliphatic carbocycles. The minimum absolute atomic E-state index is 0.134. The lowest BCUT2D eigenvalue weighted by atomic mass is 10.2. The van der Waals surface area contributed by atoms with Gasteiger partial charge in [-0.05, 0) is 54.1 Å². The third-order valence-electron chi connectivity index (χ3n) is 4.45. The van der Waals surface area contributed by atoms with Gasteiger partial charge in [0.2, 0.25) is 0 Å². The summed E-state index contributed by atoms with van der Waals surface area (Å²) in [4.78, 5) is 0.134. The zero-order chi connectivity index (χ0) is 20.4. The van der Waals surface area contributed by atoms with E-state index < -0.39 is 10.0 Å². The number of nitrogens with zero attached hydrogens (tertiary/aromatic N) is 4. The molecular weight excluding hydrogens is 412 g/mol. The molecule has 148 valence electrons. The third-order valence-corrected chi connectivity index (χ3v) is 6.46. The van der Waals surface area contributed by atoms with Crippen molar-refractivity contribution < 1.29 is 13.2 Å². The van der Waals surface area contributed by atoms with Gasteiger partial charge < -0.3 is 4.74 Å². The van der Waals surface area contributed by atoms with Crippen LogP contribution in [0.2, 0.25) is 5.02 Å². The first-order valence-electron chi connectivity index (χ1n) is 8.68. The Kier molecular flexibility index (Phi) is 5.12. The second kappa shape index (κ2) is 7.73. The number of sulfonamides is 1. The predicted molar refractivity (Wildman–Crippen MR) is 111 cm³/mol. The minimum Gasteiger partial charge on any atom is -0.497 e. The molecule has 0 aliphatic rings. The lowest BCUT2D eigenvalue weighted by Crippen LogP contribution is -2.30. The molecule has 0 fully saturated rings. The zero-order valence-electron chi connectivity index (χ0n) is 15.4. The first-order valence-corrected chi connectivity index (χ1v) is 10.5. The number of anilines is 1. The van der Waals surface area contributed by atoms with Crippen LogP contribution >= 0.6 is 11.6 Å². The normalized spacial score (nSPS) is 11.5. The first kappa shape index (κ1) is 19.2. The fraction of sp³-hybridized carbons (Fsp3) is 0.100. The third kappa shape index (κ3) is 3.90. The summed E-state index contributed by atoms with van der Waals surface area (Å²) in [7, 11) is -2.31. The van der Waals surface area contributed by atoms with Crippen molar-refractivity contribution in [3.63, 3.8) is 0 Å². The van der Waals surface area contributed by atoms with Crippen LogP contribution in [0.25, 0.3) is 5.65 Å². The van der Waals surface area contributed by atoms with Gasteiger partial charge in [0, 0.05) is 11.2 Å². The summed E-state index contributed by atoms with van der Waals surface area (Å²) >= 11 is 5.97. The number of ether oxygens (including phenoxy) is 1. The van der Waals surface area contributed by atoms with E-state index in [9.17, 15) is 8.42 Å². The Morgan fingerprint density at radius 1 is 1.03 bits per heavy atom. The fourth-order valence-electron chi connectivity index (χ4n) is 2.91. The summed E-state index contributed by atoms with van der Waals surface area (Å²) in [5.41, 5.74) is 1.89. The molecule has 0 N–H and O–H groups in total. The Morgan fingerprint density at radius 2 is 1.76 bits per heavy atom. The van der Waals surface area contributed by atoms with Crippen LogP contribution < -0.4 is 9.04 Å². The monoisotopic (exact) mass is 428 g/mol. The predicted octanol–water partition coefficient (Wildman–Crippen LogP) is 3.79. The Morgan fingerprint density at radius 3 is 2.45 bits per heavy atom. The molecule has 2 aromatic heterocycles. The summed E-state index contributed by atoms with van der Waals surface area (Å²) in [6, 6.07) is 17.1. The highest BCUT2D eigenvalue weighted by atomic mass is 35.5. The van der Waals surface area contributed by atoms with Crippen molar-refractivity contribution >= 4 is 33.0 Å². The van der Waals surface area contributed by atoms with E-state index in [1.807, 2.05) is 0 Å². The van der Waals surface area contributed by atoms with E-state index in [0.717, 1.165) is 5.56 Å². The van der Waals surface area contributed by atoms with Gasteiger partial charge in [0.05, 0.1) is 19.3 Å².